The second-order valence-electron chi connectivity index (χ2n) is 15.6. The molecule has 0 saturated carbocycles. The third-order valence-electron chi connectivity index (χ3n) is 13.0. The molecule has 0 amide bonds. The van der Waals surface area contributed by atoms with E-state index in [9.17, 15) is 0 Å². The van der Waals surface area contributed by atoms with Gasteiger partial charge in [0.15, 0.2) is 0 Å². The van der Waals surface area contributed by atoms with Crippen LogP contribution < -0.4 is 0 Å². The van der Waals surface area contributed by atoms with Gasteiger partial charge in [-0.15, -0.1) is 0 Å². The molecule has 0 aromatic heterocycles. The summed E-state index contributed by atoms with van der Waals surface area (Å²) in [5.41, 5.74) is 15.4. The predicted molar refractivity (Wildman–Crippen MR) is 232 cm³/mol. The van der Waals surface area contributed by atoms with Gasteiger partial charge in [-0.2, -0.15) is 0 Å². The van der Waals surface area contributed by atoms with Crippen LogP contribution in [0.15, 0.2) is 194 Å². The summed E-state index contributed by atoms with van der Waals surface area (Å²) < 4.78 is 0. The van der Waals surface area contributed by atoms with Gasteiger partial charge in [0.25, 0.3) is 0 Å². The SMILES string of the molecule is c1ccc2c(c1)-c1ccccc1C21c2cc(-c3cc4ccc5cccc6ccc(c3)c4c56)ccc2-c2c1ccc1c(-c3ccc4ccccc4c3)cccc21. The van der Waals surface area contributed by atoms with E-state index in [-0.39, 0.29) is 0 Å². The summed E-state index contributed by atoms with van der Waals surface area (Å²) in [5.74, 6) is 0. The van der Waals surface area contributed by atoms with Crippen molar-refractivity contribution in [2.75, 3.05) is 0 Å². The molecule has 0 nitrogen and oxygen atoms in total. The van der Waals surface area contributed by atoms with Gasteiger partial charge in [-0.1, -0.05) is 170 Å². The molecular weight excluding hydrogens is 661 g/mol. The van der Waals surface area contributed by atoms with Crippen molar-refractivity contribution in [2.45, 2.75) is 5.41 Å². The van der Waals surface area contributed by atoms with Crippen LogP contribution in [0.2, 0.25) is 0 Å². The molecule has 11 aromatic carbocycles. The van der Waals surface area contributed by atoms with E-state index in [1.165, 1.54) is 121 Å². The minimum absolute atomic E-state index is 0.433. The first-order chi connectivity index (χ1) is 27.3. The summed E-state index contributed by atoms with van der Waals surface area (Å²) in [4.78, 5) is 0. The van der Waals surface area contributed by atoms with Crippen LogP contribution in [0.4, 0.5) is 0 Å². The van der Waals surface area contributed by atoms with Crippen LogP contribution in [0.1, 0.15) is 22.3 Å². The van der Waals surface area contributed by atoms with E-state index in [0.717, 1.165) is 0 Å². The molecule has 0 aliphatic heterocycles. The quantitative estimate of drug-likeness (QED) is 0.158. The summed E-state index contributed by atoms with van der Waals surface area (Å²) in [7, 11) is 0. The first-order valence-electron chi connectivity index (χ1n) is 19.3. The van der Waals surface area contributed by atoms with Crippen LogP contribution >= 0.6 is 0 Å². The first-order valence-corrected chi connectivity index (χ1v) is 19.3. The lowest BCUT2D eigenvalue weighted by Crippen LogP contribution is -2.25. The van der Waals surface area contributed by atoms with E-state index in [1.54, 1.807) is 0 Å². The highest BCUT2D eigenvalue weighted by Gasteiger charge is 2.52. The van der Waals surface area contributed by atoms with Crippen LogP contribution in [-0.4, -0.2) is 0 Å². The zero-order valence-electron chi connectivity index (χ0n) is 30.0. The summed E-state index contributed by atoms with van der Waals surface area (Å²) in [6.45, 7) is 0. The highest BCUT2D eigenvalue weighted by atomic mass is 14.5. The Balaban J connectivity index is 1.10. The normalized spacial score (nSPS) is 13.6. The fourth-order valence-electron chi connectivity index (χ4n) is 10.7. The summed E-state index contributed by atoms with van der Waals surface area (Å²) in [6, 6.07) is 73.5. The van der Waals surface area contributed by atoms with Crippen molar-refractivity contribution in [3.05, 3.63) is 216 Å². The molecule has 0 radical (unpaired) electrons. The highest BCUT2D eigenvalue weighted by Crippen LogP contribution is 2.64. The molecule has 11 aromatic rings. The van der Waals surface area contributed by atoms with E-state index in [0.29, 0.717) is 0 Å². The Bertz CT molecular complexity index is 3320. The third-order valence-corrected chi connectivity index (χ3v) is 13.0. The monoisotopic (exact) mass is 692 g/mol. The van der Waals surface area contributed by atoms with Gasteiger partial charge < -0.3 is 0 Å². The lowest BCUT2D eigenvalue weighted by Gasteiger charge is -2.31. The topological polar surface area (TPSA) is 0 Å². The van der Waals surface area contributed by atoms with Crippen LogP contribution in [-0.2, 0) is 5.41 Å². The van der Waals surface area contributed by atoms with Crippen LogP contribution in [0, 0.1) is 0 Å². The van der Waals surface area contributed by atoms with Crippen molar-refractivity contribution in [3.63, 3.8) is 0 Å². The fraction of sp³-hybridized carbons (Fsp3) is 0.0182. The number of hydrogen-bond acceptors (Lipinski definition) is 0. The number of rotatable bonds is 2. The maximum Gasteiger partial charge on any atom is 0.0725 e. The van der Waals surface area contributed by atoms with Crippen LogP contribution in [0.5, 0.6) is 0 Å². The summed E-state index contributed by atoms with van der Waals surface area (Å²) >= 11 is 0. The maximum absolute atomic E-state index is 2.53. The zero-order valence-corrected chi connectivity index (χ0v) is 30.0. The molecule has 2 aliphatic carbocycles. The Morgan fingerprint density at radius 3 is 1.58 bits per heavy atom. The first kappa shape index (κ1) is 29.4. The number of benzene rings is 11. The second-order valence-corrected chi connectivity index (χ2v) is 15.6. The minimum Gasteiger partial charge on any atom is -0.0619 e. The van der Waals surface area contributed by atoms with Gasteiger partial charge >= 0.3 is 0 Å². The molecule has 55 heavy (non-hydrogen) atoms. The standard InChI is InChI=1S/C55H32/c1-2-10-36-29-38(22-19-33(36)9-1)42-15-8-16-46-43(42)27-28-50-54(46)47-26-25-37(32-51(47)55(50)48-17-5-3-13-44(48)45-14-4-6-18-49(45)55)41-30-39-23-20-34-11-7-12-35-21-24-40(31-41)53(39)52(34)35/h1-32H. The van der Waals surface area contributed by atoms with Gasteiger partial charge in [0, 0.05) is 0 Å². The molecule has 13 rings (SSSR count). The van der Waals surface area contributed by atoms with Crippen molar-refractivity contribution in [1.82, 2.24) is 0 Å². The minimum atomic E-state index is -0.433. The Hall–Kier alpha value is -7.02. The highest BCUT2D eigenvalue weighted by molar-refractivity contribution is 6.24. The summed E-state index contributed by atoms with van der Waals surface area (Å²) in [6.07, 6.45) is 0. The zero-order chi connectivity index (χ0) is 35.8. The lowest BCUT2D eigenvalue weighted by atomic mass is 9.70. The van der Waals surface area contributed by atoms with Gasteiger partial charge in [0.05, 0.1) is 5.41 Å². The molecule has 1 spiro atoms. The van der Waals surface area contributed by atoms with E-state index in [4.69, 9.17) is 0 Å². The Kier molecular flexibility index (Phi) is 5.65. The maximum atomic E-state index is 2.53. The second kappa shape index (κ2) is 10.6. The molecule has 0 bridgehead atoms. The van der Waals surface area contributed by atoms with Gasteiger partial charge in [-0.25, -0.2) is 0 Å². The molecule has 0 atom stereocenters. The molecule has 252 valence electrons. The number of fused-ring (bicyclic) bond motifs is 13. The van der Waals surface area contributed by atoms with Crippen LogP contribution in [0.25, 0.3) is 98.4 Å². The molecule has 0 heteroatoms. The average Bonchev–Trinajstić information content (AvgIpc) is 3.72. The van der Waals surface area contributed by atoms with Crippen molar-refractivity contribution in [3.8, 4) is 44.5 Å². The third kappa shape index (κ3) is 3.76. The smallest absolute Gasteiger partial charge is 0.0619 e. The van der Waals surface area contributed by atoms with Crippen molar-refractivity contribution < 1.29 is 0 Å². The van der Waals surface area contributed by atoms with Crippen LogP contribution in [0.3, 0.4) is 0 Å². The Labute approximate surface area is 318 Å². The lowest BCUT2D eigenvalue weighted by molar-refractivity contribution is 0.795. The molecule has 0 heterocycles. The van der Waals surface area contributed by atoms with Crippen molar-refractivity contribution >= 4 is 53.9 Å². The molecule has 0 fully saturated rings. The van der Waals surface area contributed by atoms with Gasteiger partial charge in [0.1, 0.15) is 0 Å². The van der Waals surface area contributed by atoms with E-state index >= 15 is 0 Å². The van der Waals surface area contributed by atoms with Gasteiger partial charge in [0.2, 0.25) is 0 Å². The van der Waals surface area contributed by atoms with Crippen molar-refractivity contribution in [2.24, 2.45) is 0 Å². The van der Waals surface area contributed by atoms with E-state index in [1.807, 2.05) is 0 Å². The largest absolute Gasteiger partial charge is 0.0725 e. The molecule has 0 N–H and O–H groups in total. The van der Waals surface area contributed by atoms with E-state index in [2.05, 4.69) is 194 Å². The van der Waals surface area contributed by atoms with E-state index < -0.39 is 5.41 Å². The molecule has 0 saturated heterocycles. The van der Waals surface area contributed by atoms with Crippen molar-refractivity contribution in [1.29, 1.82) is 0 Å². The molecule has 2 aliphatic rings. The fourth-order valence-corrected chi connectivity index (χ4v) is 10.7. The molecule has 0 unspecified atom stereocenters. The average molecular weight is 693 g/mol. The number of hydrogen-bond donors (Lipinski definition) is 0. The predicted octanol–water partition coefficient (Wildman–Crippen LogP) is 14.6. The Morgan fingerprint density at radius 1 is 0.255 bits per heavy atom. The summed E-state index contributed by atoms with van der Waals surface area (Å²) in [5, 5.41) is 13.0. The Morgan fingerprint density at radius 2 is 0.818 bits per heavy atom. The van der Waals surface area contributed by atoms with Gasteiger partial charge in [-0.05, 0) is 145 Å². The molecular formula is C55H32. The van der Waals surface area contributed by atoms with Gasteiger partial charge in [-0.3, -0.25) is 0 Å².